The molecule has 1 saturated carbocycles. The molecule has 0 radical (unpaired) electrons. The number of benzene rings is 2. The predicted octanol–water partition coefficient (Wildman–Crippen LogP) is 3.41. The van der Waals surface area contributed by atoms with Crippen molar-refractivity contribution in [3.05, 3.63) is 88.5 Å². The van der Waals surface area contributed by atoms with E-state index in [1.165, 1.54) is 10.6 Å². The van der Waals surface area contributed by atoms with E-state index in [1.807, 2.05) is 54.3 Å². The number of hydrogen-bond acceptors (Lipinski definition) is 4. The van der Waals surface area contributed by atoms with Crippen molar-refractivity contribution in [1.29, 1.82) is 0 Å². The van der Waals surface area contributed by atoms with Gasteiger partial charge < -0.3 is 14.8 Å². The van der Waals surface area contributed by atoms with Crippen molar-refractivity contribution >= 4 is 28.4 Å². The summed E-state index contributed by atoms with van der Waals surface area (Å²) in [5, 5.41) is 8.59. The summed E-state index contributed by atoms with van der Waals surface area (Å²) < 4.78 is 3.30. The highest BCUT2D eigenvalue weighted by molar-refractivity contribution is 6.00. The maximum Gasteiger partial charge on any atom is 0.250 e. The number of aryl methyl sites for hydroxylation is 2. The molecule has 2 aliphatic rings. The molecule has 0 unspecified atom stereocenters. The van der Waals surface area contributed by atoms with Crippen molar-refractivity contribution in [3.63, 3.8) is 0 Å². The van der Waals surface area contributed by atoms with E-state index in [9.17, 15) is 14.4 Å². The van der Waals surface area contributed by atoms with Crippen molar-refractivity contribution in [2.24, 2.45) is 13.0 Å². The van der Waals surface area contributed by atoms with Gasteiger partial charge >= 0.3 is 0 Å². The first-order valence-electron chi connectivity index (χ1n) is 12.2. The lowest BCUT2D eigenvalue weighted by Crippen LogP contribution is -2.40. The lowest BCUT2D eigenvalue weighted by Gasteiger charge is -2.30. The molecule has 0 spiro atoms. The van der Waals surface area contributed by atoms with Crippen LogP contribution in [-0.2, 0) is 16.6 Å². The number of anilines is 1. The van der Waals surface area contributed by atoms with E-state index in [1.54, 1.807) is 30.2 Å². The third-order valence-corrected chi connectivity index (χ3v) is 7.25. The average Bonchev–Trinajstić information content (AvgIpc) is 3.56. The smallest absolute Gasteiger partial charge is 0.250 e. The van der Waals surface area contributed by atoms with Crippen LogP contribution in [0.25, 0.3) is 16.6 Å². The molecular weight excluding hydrogens is 454 g/mol. The summed E-state index contributed by atoms with van der Waals surface area (Å²) in [5.74, 6) is 0.0997. The van der Waals surface area contributed by atoms with E-state index >= 15 is 0 Å². The van der Waals surface area contributed by atoms with Crippen LogP contribution in [0.4, 0.5) is 5.69 Å². The van der Waals surface area contributed by atoms with Gasteiger partial charge in [-0.15, -0.1) is 0 Å². The van der Waals surface area contributed by atoms with Crippen molar-refractivity contribution in [1.82, 2.24) is 19.7 Å². The molecule has 2 aromatic carbocycles. The Balaban J connectivity index is 1.40. The Kier molecular flexibility index (Phi) is 5.25. The fourth-order valence-electron chi connectivity index (χ4n) is 5.17. The zero-order chi connectivity index (χ0) is 25.0. The number of carbonyl (C=O) groups is 2. The Labute approximate surface area is 208 Å². The molecular formula is C28H27N5O3. The number of rotatable bonds is 5. The molecule has 0 bridgehead atoms. The number of carbonyl (C=O) groups excluding carboxylic acids is 2. The minimum absolute atomic E-state index is 0.0193. The first kappa shape index (κ1) is 22.3. The Morgan fingerprint density at radius 3 is 2.56 bits per heavy atom. The molecule has 2 atom stereocenters. The van der Waals surface area contributed by atoms with Crippen LogP contribution in [0.5, 0.6) is 0 Å². The van der Waals surface area contributed by atoms with Gasteiger partial charge in [-0.1, -0.05) is 24.3 Å². The Morgan fingerprint density at radius 2 is 1.81 bits per heavy atom. The van der Waals surface area contributed by atoms with Gasteiger partial charge in [0.05, 0.1) is 29.5 Å². The molecule has 2 fully saturated rings. The number of hydrogen-bond donors (Lipinski definition) is 1. The maximum absolute atomic E-state index is 13.4. The summed E-state index contributed by atoms with van der Waals surface area (Å²) in [5.41, 5.74) is 4.44. The molecule has 8 heteroatoms. The van der Waals surface area contributed by atoms with Crippen molar-refractivity contribution in [2.75, 3.05) is 4.90 Å². The summed E-state index contributed by atoms with van der Waals surface area (Å²) in [6, 6.07) is 16.5. The number of nitrogens with zero attached hydrogens (tertiary/aromatic N) is 4. The van der Waals surface area contributed by atoms with Crippen LogP contribution in [-0.4, -0.2) is 32.2 Å². The molecule has 4 aromatic rings. The highest BCUT2D eigenvalue weighted by Gasteiger charge is 2.44. The maximum atomic E-state index is 13.4. The summed E-state index contributed by atoms with van der Waals surface area (Å²) in [4.78, 5) is 39.7. The summed E-state index contributed by atoms with van der Waals surface area (Å²) in [6.45, 7) is 2.04. The first-order chi connectivity index (χ1) is 17.4. The minimum atomic E-state index is -0.296. The topological polar surface area (TPSA) is 89.2 Å². The number of fused-ring (bicyclic) bond motifs is 1. The molecule has 182 valence electrons. The molecule has 1 N–H and O–H groups in total. The van der Waals surface area contributed by atoms with Gasteiger partial charge in [0.15, 0.2) is 0 Å². The molecule has 36 heavy (non-hydrogen) atoms. The fraction of sp³-hybridized carbons (Fsp3) is 0.286. The Hall–Kier alpha value is -4.20. The van der Waals surface area contributed by atoms with Crippen LogP contribution < -0.4 is 15.8 Å². The van der Waals surface area contributed by atoms with Gasteiger partial charge in [0.25, 0.3) is 0 Å². The first-order valence-corrected chi connectivity index (χ1v) is 12.2. The zero-order valence-electron chi connectivity index (χ0n) is 20.2. The van der Waals surface area contributed by atoms with Gasteiger partial charge in [-0.3, -0.25) is 14.4 Å². The van der Waals surface area contributed by atoms with Crippen LogP contribution >= 0.6 is 0 Å². The third-order valence-electron chi connectivity index (χ3n) is 7.25. The standard InChI is InChI=1S/C28H27N5O3/c1-17-5-3-4-6-22(17)27-23(30-28(36)18-7-8-18)14-26(35)32(27)20-9-11-24-19(13-20)15-29-33(24)21-10-12-25(34)31(2)16-21/h3-6,9-13,15-16,18,23,27H,7-8,14H2,1-2H3,(H,30,36)/t23-,27+/m1/s1. The number of aromatic nitrogens is 3. The van der Waals surface area contributed by atoms with E-state index in [0.717, 1.165) is 46.2 Å². The second-order valence-corrected chi connectivity index (χ2v) is 9.79. The predicted molar refractivity (Wildman–Crippen MR) is 137 cm³/mol. The van der Waals surface area contributed by atoms with E-state index in [0.29, 0.717) is 0 Å². The molecule has 1 aliphatic heterocycles. The molecule has 6 rings (SSSR count). The zero-order valence-corrected chi connectivity index (χ0v) is 20.2. The second kappa shape index (κ2) is 8.48. The Bertz CT molecular complexity index is 1560. The Morgan fingerprint density at radius 1 is 1.03 bits per heavy atom. The second-order valence-electron chi connectivity index (χ2n) is 9.79. The summed E-state index contributed by atoms with van der Waals surface area (Å²) >= 11 is 0. The summed E-state index contributed by atoms with van der Waals surface area (Å²) in [6.07, 6.45) is 5.60. The highest BCUT2D eigenvalue weighted by Crippen LogP contribution is 2.40. The monoisotopic (exact) mass is 481 g/mol. The van der Waals surface area contributed by atoms with Gasteiger partial charge in [0, 0.05) is 42.7 Å². The quantitative estimate of drug-likeness (QED) is 0.473. The van der Waals surface area contributed by atoms with E-state index in [2.05, 4.69) is 10.4 Å². The van der Waals surface area contributed by atoms with Gasteiger partial charge in [-0.2, -0.15) is 5.10 Å². The number of amides is 2. The van der Waals surface area contributed by atoms with Crippen LogP contribution in [0.2, 0.25) is 0 Å². The normalized spacial score (nSPS) is 19.7. The molecule has 1 saturated heterocycles. The molecule has 2 amide bonds. The molecule has 2 aromatic heterocycles. The third kappa shape index (κ3) is 3.79. The van der Waals surface area contributed by atoms with Crippen molar-refractivity contribution < 1.29 is 9.59 Å². The lowest BCUT2D eigenvalue weighted by molar-refractivity contribution is -0.123. The van der Waals surface area contributed by atoms with Crippen LogP contribution in [0, 0.1) is 12.8 Å². The van der Waals surface area contributed by atoms with Crippen LogP contribution in [0.15, 0.2) is 71.8 Å². The van der Waals surface area contributed by atoms with Gasteiger partial charge in [-0.25, -0.2) is 4.68 Å². The van der Waals surface area contributed by atoms with Crippen molar-refractivity contribution in [3.8, 4) is 5.69 Å². The lowest BCUT2D eigenvalue weighted by atomic mass is 9.95. The van der Waals surface area contributed by atoms with E-state index in [4.69, 9.17) is 0 Å². The van der Waals surface area contributed by atoms with E-state index in [-0.39, 0.29) is 41.8 Å². The number of nitrogens with one attached hydrogen (secondary N) is 1. The largest absolute Gasteiger partial charge is 0.350 e. The van der Waals surface area contributed by atoms with Gasteiger partial charge in [0.1, 0.15) is 0 Å². The van der Waals surface area contributed by atoms with Crippen molar-refractivity contribution in [2.45, 2.75) is 38.3 Å². The molecule has 8 nitrogen and oxygen atoms in total. The van der Waals surface area contributed by atoms with Gasteiger partial charge in [0.2, 0.25) is 17.4 Å². The van der Waals surface area contributed by atoms with Crippen LogP contribution in [0.1, 0.15) is 36.4 Å². The molecule has 3 heterocycles. The van der Waals surface area contributed by atoms with E-state index < -0.39 is 0 Å². The SMILES string of the molecule is Cc1ccccc1[C@H]1[C@H](NC(=O)C2CC2)CC(=O)N1c1ccc2c(cnn2-c2ccc(=O)n(C)c2)c1. The van der Waals surface area contributed by atoms with Gasteiger partial charge in [-0.05, 0) is 55.2 Å². The fourth-order valence-corrected chi connectivity index (χ4v) is 5.17. The average molecular weight is 482 g/mol. The number of pyridine rings is 1. The highest BCUT2D eigenvalue weighted by atomic mass is 16.2. The van der Waals surface area contributed by atoms with Crippen LogP contribution in [0.3, 0.4) is 0 Å². The summed E-state index contributed by atoms with van der Waals surface area (Å²) in [7, 11) is 1.71. The molecule has 1 aliphatic carbocycles. The minimum Gasteiger partial charge on any atom is -0.350 e.